The maximum absolute atomic E-state index is 13.2. The van der Waals surface area contributed by atoms with Crippen molar-refractivity contribution < 1.29 is 17.9 Å². The summed E-state index contributed by atoms with van der Waals surface area (Å²) in [7, 11) is -3.45. The van der Waals surface area contributed by atoms with E-state index in [-0.39, 0.29) is 18.1 Å². The summed E-state index contributed by atoms with van der Waals surface area (Å²) < 4.78 is 30.7. The summed E-state index contributed by atoms with van der Waals surface area (Å²) >= 11 is 0. The van der Waals surface area contributed by atoms with Crippen LogP contribution in [0.3, 0.4) is 0 Å². The minimum Gasteiger partial charge on any atom is -0.479 e. The predicted octanol–water partition coefficient (Wildman–Crippen LogP) is 2.12. The van der Waals surface area contributed by atoms with Gasteiger partial charge < -0.3 is 20.7 Å². The first-order valence-electron chi connectivity index (χ1n) is 10.8. The number of fused-ring (bicyclic) bond motifs is 1. The van der Waals surface area contributed by atoms with Crippen LogP contribution >= 0.6 is 0 Å². The van der Waals surface area contributed by atoms with Crippen molar-refractivity contribution in [2.45, 2.75) is 37.2 Å². The summed E-state index contributed by atoms with van der Waals surface area (Å²) in [5.41, 5.74) is 2.40. The van der Waals surface area contributed by atoms with E-state index in [1.165, 1.54) is 6.20 Å². The van der Waals surface area contributed by atoms with E-state index in [1.54, 1.807) is 38.1 Å². The fraction of sp³-hybridized carbons (Fsp3) is 0.417. The molecule has 2 heterocycles. The lowest BCUT2D eigenvalue weighted by atomic mass is 10.0. The largest absolute Gasteiger partial charge is 0.479 e. The second kappa shape index (κ2) is 10.8. The van der Waals surface area contributed by atoms with Crippen molar-refractivity contribution in [2.75, 3.05) is 31.7 Å². The number of carbonyl (C=O) groups excluding carboxylic acids is 1. The van der Waals surface area contributed by atoms with E-state index < -0.39 is 20.5 Å². The normalized spacial score (nSPS) is 18.0. The van der Waals surface area contributed by atoms with Crippen LogP contribution in [0, 0.1) is 12.3 Å². The average molecular weight is 471 g/mol. The Labute approximate surface area is 195 Å². The van der Waals surface area contributed by atoms with Crippen molar-refractivity contribution in [1.29, 1.82) is 0 Å². The smallest absolute Gasteiger partial charge is 0.274 e. The number of anilines is 1. The molecule has 3 N–H and O–H groups in total. The van der Waals surface area contributed by atoms with Crippen molar-refractivity contribution in [2.24, 2.45) is 0 Å². The number of hydrogen-bond donors (Lipinski definition) is 3. The van der Waals surface area contributed by atoms with E-state index in [1.807, 2.05) is 6.07 Å². The molecule has 0 unspecified atom stereocenters. The number of ether oxygens (including phenoxy) is 1. The fourth-order valence-electron chi connectivity index (χ4n) is 3.46. The first kappa shape index (κ1) is 24.7. The molecule has 0 bridgehead atoms. The van der Waals surface area contributed by atoms with Crippen molar-refractivity contribution in [3.63, 3.8) is 0 Å². The van der Waals surface area contributed by atoms with Crippen molar-refractivity contribution in [3.05, 3.63) is 53.3 Å². The number of pyridine rings is 1. The SMILES string of the molecule is C#CCOc1ccc(C(=O)Nc2ccc3c(c2)CS(=O)(=O)C(C)(C)CNCNCCC3)nc1. The van der Waals surface area contributed by atoms with Gasteiger partial charge in [-0.2, -0.15) is 0 Å². The molecule has 1 aliphatic rings. The molecule has 33 heavy (non-hydrogen) atoms. The minimum atomic E-state index is -3.45. The second-order valence-electron chi connectivity index (χ2n) is 8.54. The van der Waals surface area contributed by atoms with Gasteiger partial charge in [-0.25, -0.2) is 13.4 Å². The fourth-order valence-corrected chi connectivity index (χ4v) is 4.85. The highest BCUT2D eigenvalue weighted by molar-refractivity contribution is 7.92. The standard InChI is InChI=1S/C24H30N4O4S/c1-4-12-32-21-9-10-22(27-14-21)23(29)28-20-8-7-18-6-5-11-25-17-26-16-24(2,3)33(30,31)15-19(18)13-20/h1,7-10,13-14,25-26H,5-6,11-12,15-17H2,2-3H3,(H,28,29). The molecule has 2 aromatic rings. The molecule has 9 heteroatoms. The number of carbonyl (C=O) groups is 1. The zero-order valence-electron chi connectivity index (χ0n) is 19.0. The quantitative estimate of drug-likeness (QED) is 0.587. The molecule has 0 fully saturated rings. The van der Waals surface area contributed by atoms with E-state index in [2.05, 4.69) is 26.9 Å². The molecular formula is C24H30N4O4S. The molecule has 1 aliphatic heterocycles. The van der Waals surface area contributed by atoms with Crippen molar-refractivity contribution in [3.8, 4) is 18.1 Å². The number of terminal acetylenes is 1. The highest BCUT2D eigenvalue weighted by Gasteiger charge is 2.34. The van der Waals surface area contributed by atoms with Crippen molar-refractivity contribution in [1.82, 2.24) is 15.6 Å². The van der Waals surface area contributed by atoms with Gasteiger partial charge >= 0.3 is 0 Å². The summed E-state index contributed by atoms with van der Waals surface area (Å²) in [6.45, 7) is 5.33. The second-order valence-corrected chi connectivity index (χ2v) is 11.2. The molecule has 0 saturated heterocycles. The van der Waals surface area contributed by atoms with Gasteiger partial charge in [0.2, 0.25) is 0 Å². The van der Waals surface area contributed by atoms with Crippen LogP contribution in [0.1, 0.15) is 41.9 Å². The third-order valence-corrected chi connectivity index (χ3v) is 8.06. The Balaban J connectivity index is 1.82. The lowest BCUT2D eigenvalue weighted by Gasteiger charge is -2.27. The summed E-state index contributed by atoms with van der Waals surface area (Å²) in [5, 5.41) is 9.26. The van der Waals surface area contributed by atoms with Gasteiger partial charge in [0, 0.05) is 18.9 Å². The highest BCUT2D eigenvalue weighted by Crippen LogP contribution is 2.26. The molecule has 0 saturated carbocycles. The van der Waals surface area contributed by atoms with Gasteiger partial charge in [0.1, 0.15) is 18.1 Å². The molecule has 0 aliphatic carbocycles. The van der Waals surface area contributed by atoms with Crippen LogP contribution in [0.25, 0.3) is 0 Å². The Kier molecular flexibility index (Phi) is 8.08. The number of benzene rings is 1. The molecule has 0 atom stereocenters. The van der Waals surface area contributed by atoms with Gasteiger partial charge in [0.05, 0.1) is 16.7 Å². The van der Waals surface area contributed by atoms with Crippen LogP contribution in [0.4, 0.5) is 5.69 Å². The van der Waals surface area contributed by atoms with Gasteiger partial charge in [-0.15, -0.1) is 6.42 Å². The third kappa shape index (κ3) is 6.54. The Morgan fingerprint density at radius 3 is 2.79 bits per heavy atom. The molecule has 1 amide bonds. The number of nitrogens with one attached hydrogen (secondary N) is 3. The van der Waals surface area contributed by atoms with Crippen LogP contribution in [-0.2, 0) is 22.0 Å². The van der Waals surface area contributed by atoms with Crippen LogP contribution in [-0.4, -0.2) is 50.4 Å². The van der Waals surface area contributed by atoms with E-state index in [0.29, 0.717) is 30.2 Å². The summed E-state index contributed by atoms with van der Waals surface area (Å²) in [6, 6.07) is 8.59. The van der Waals surface area contributed by atoms with E-state index >= 15 is 0 Å². The highest BCUT2D eigenvalue weighted by atomic mass is 32.2. The van der Waals surface area contributed by atoms with Gasteiger partial charge in [-0.1, -0.05) is 12.0 Å². The number of nitrogens with zero attached hydrogens (tertiary/aromatic N) is 1. The topological polar surface area (TPSA) is 109 Å². The summed E-state index contributed by atoms with van der Waals surface area (Å²) in [6.07, 6.45) is 8.22. The Hall–Kier alpha value is -2.93. The molecular weight excluding hydrogens is 440 g/mol. The Bertz CT molecular complexity index is 1120. The lowest BCUT2D eigenvalue weighted by Crippen LogP contribution is -2.45. The molecule has 1 aromatic carbocycles. The third-order valence-electron chi connectivity index (χ3n) is 5.54. The van der Waals surface area contributed by atoms with E-state index in [9.17, 15) is 13.2 Å². The molecule has 8 nitrogen and oxygen atoms in total. The van der Waals surface area contributed by atoms with Gasteiger partial charge in [0.15, 0.2) is 9.84 Å². The monoisotopic (exact) mass is 470 g/mol. The minimum absolute atomic E-state index is 0.0897. The first-order chi connectivity index (χ1) is 15.7. The number of aromatic nitrogens is 1. The van der Waals surface area contributed by atoms with E-state index in [0.717, 1.165) is 24.9 Å². The molecule has 3 rings (SSSR count). The lowest BCUT2D eigenvalue weighted by molar-refractivity contribution is 0.102. The zero-order chi connectivity index (χ0) is 23.9. The van der Waals surface area contributed by atoms with Crippen LogP contribution < -0.4 is 20.7 Å². The van der Waals surface area contributed by atoms with E-state index in [4.69, 9.17) is 11.2 Å². The van der Waals surface area contributed by atoms with Crippen LogP contribution in [0.2, 0.25) is 0 Å². The number of aryl methyl sites for hydroxylation is 1. The number of sulfone groups is 1. The van der Waals surface area contributed by atoms with Crippen LogP contribution in [0.5, 0.6) is 5.75 Å². The average Bonchev–Trinajstić information content (AvgIpc) is 2.77. The maximum atomic E-state index is 13.2. The van der Waals surface area contributed by atoms with Gasteiger partial charge in [-0.05, 0) is 68.6 Å². The number of rotatable bonds is 4. The van der Waals surface area contributed by atoms with Crippen molar-refractivity contribution >= 4 is 21.4 Å². The summed E-state index contributed by atoms with van der Waals surface area (Å²) in [5.74, 6) is 2.35. The van der Waals surface area contributed by atoms with Gasteiger partial charge in [-0.3, -0.25) is 4.79 Å². The predicted molar refractivity (Wildman–Crippen MR) is 129 cm³/mol. The molecule has 0 spiro atoms. The Morgan fingerprint density at radius 1 is 1.24 bits per heavy atom. The molecule has 176 valence electrons. The number of amides is 1. The maximum Gasteiger partial charge on any atom is 0.274 e. The number of hydrogen-bond acceptors (Lipinski definition) is 7. The summed E-state index contributed by atoms with van der Waals surface area (Å²) in [4.78, 5) is 16.8. The molecule has 1 aromatic heterocycles. The molecule has 0 radical (unpaired) electrons. The Morgan fingerprint density at radius 2 is 2.06 bits per heavy atom. The first-order valence-corrected chi connectivity index (χ1v) is 12.5. The zero-order valence-corrected chi connectivity index (χ0v) is 19.8. The van der Waals surface area contributed by atoms with Crippen LogP contribution in [0.15, 0.2) is 36.5 Å². The van der Waals surface area contributed by atoms with Gasteiger partial charge in [0.25, 0.3) is 5.91 Å².